The molecule has 0 spiro atoms. The maximum Gasteiger partial charge on any atom is 0.258 e. The second-order valence-electron chi connectivity index (χ2n) is 7.12. The van der Waals surface area contributed by atoms with Crippen LogP contribution in [0, 0.1) is 0 Å². The molecule has 0 bridgehead atoms. The molecule has 1 fully saturated rings. The van der Waals surface area contributed by atoms with Crippen molar-refractivity contribution in [2.75, 3.05) is 13.2 Å². The lowest BCUT2D eigenvalue weighted by atomic mass is 9.90. The number of nitrogens with one attached hydrogen (secondary N) is 2. The van der Waals surface area contributed by atoms with Gasteiger partial charge in [0.1, 0.15) is 11.5 Å². The van der Waals surface area contributed by atoms with Crippen molar-refractivity contribution in [3.8, 4) is 11.5 Å². The predicted octanol–water partition coefficient (Wildman–Crippen LogP) is 3.99. The van der Waals surface area contributed by atoms with E-state index in [0.29, 0.717) is 21.5 Å². The molecule has 1 aliphatic rings. The number of rotatable bonds is 8. The van der Waals surface area contributed by atoms with Gasteiger partial charge in [-0.2, -0.15) is 0 Å². The molecule has 6 nitrogen and oxygen atoms in total. The quantitative estimate of drug-likeness (QED) is 0.637. The van der Waals surface area contributed by atoms with Gasteiger partial charge in [-0.1, -0.05) is 36.0 Å². The molecule has 0 aliphatic heterocycles. The highest BCUT2D eigenvalue weighted by atomic mass is 35.5. The topological polar surface area (TPSA) is 76.7 Å². The molecule has 2 unspecified atom stereocenters. The summed E-state index contributed by atoms with van der Waals surface area (Å²) < 4.78 is 11.0. The van der Waals surface area contributed by atoms with E-state index in [0.717, 1.165) is 25.7 Å². The number of ether oxygens (including phenoxy) is 2. The number of amides is 2. The van der Waals surface area contributed by atoms with E-state index in [1.165, 1.54) is 0 Å². The van der Waals surface area contributed by atoms with Crippen molar-refractivity contribution in [1.29, 1.82) is 0 Å². The Morgan fingerprint density at radius 2 is 1.10 bits per heavy atom. The van der Waals surface area contributed by atoms with E-state index in [1.807, 2.05) is 0 Å². The lowest BCUT2D eigenvalue weighted by Crippen LogP contribution is -2.54. The Morgan fingerprint density at radius 3 is 1.47 bits per heavy atom. The number of hydrogen-bond donors (Lipinski definition) is 2. The van der Waals surface area contributed by atoms with Gasteiger partial charge in [-0.3, -0.25) is 9.59 Å². The molecule has 30 heavy (non-hydrogen) atoms. The summed E-state index contributed by atoms with van der Waals surface area (Å²) in [6, 6.07) is 13.4. The number of carbonyl (C=O) groups is 2. The van der Waals surface area contributed by atoms with Crippen molar-refractivity contribution in [3.63, 3.8) is 0 Å². The summed E-state index contributed by atoms with van der Waals surface area (Å²) >= 11 is 11.7. The minimum Gasteiger partial charge on any atom is -0.484 e. The fourth-order valence-corrected chi connectivity index (χ4v) is 3.58. The van der Waals surface area contributed by atoms with E-state index in [1.54, 1.807) is 48.5 Å². The fourth-order valence-electron chi connectivity index (χ4n) is 3.33. The molecular weight excluding hydrogens is 427 g/mol. The van der Waals surface area contributed by atoms with Crippen molar-refractivity contribution in [3.05, 3.63) is 58.6 Å². The monoisotopic (exact) mass is 450 g/mol. The first-order valence-electron chi connectivity index (χ1n) is 9.85. The SMILES string of the molecule is O=C(COc1ccc(Cl)cc1)NC1CCCCC1NC(=O)COc1ccc(Cl)cc1. The van der Waals surface area contributed by atoms with Crippen LogP contribution in [0.4, 0.5) is 0 Å². The van der Waals surface area contributed by atoms with Gasteiger partial charge in [0.2, 0.25) is 0 Å². The minimum atomic E-state index is -0.228. The molecule has 0 saturated heterocycles. The van der Waals surface area contributed by atoms with E-state index in [4.69, 9.17) is 32.7 Å². The van der Waals surface area contributed by atoms with Crippen molar-refractivity contribution in [2.45, 2.75) is 37.8 Å². The first-order valence-corrected chi connectivity index (χ1v) is 10.6. The zero-order valence-electron chi connectivity index (χ0n) is 16.4. The largest absolute Gasteiger partial charge is 0.484 e. The van der Waals surface area contributed by atoms with E-state index in [-0.39, 0.29) is 37.1 Å². The Balaban J connectivity index is 1.45. The van der Waals surface area contributed by atoms with E-state index >= 15 is 0 Å². The molecule has 2 aromatic carbocycles. The summed E-state index contributed by atoms with van der Waals surface area (Å²) in [7, 11) is 0. The maximum absolute atomic E-state index is 12.3. The Labute approximate surface area is 185 Å². The summed E-state index contributed by atoms with van der Waals surface area (Å²) in [6.07, 6.45) is 3.60. The average Bonchev–Trinajstić information content (AvgIpc) is 2.74. The highest BCUT2D eigenvalue weighted by molar-refractivity contribution is 6.30. The van der Waals surface area contributed by atoms with Gasteiger partial charge in [0.05, 0.1) is 0 Å². The third kappa shape index (κ3) is 7.11. The summed E-state index contributed by atoms with van der Waals surface area (Å²) in [4.78, 5) is 24.6. The van der Waals surface area contributed by atoms with Crippen LogP contribution < -0.4 is 20.1 Å². The lowest BCUT2D eigenvalue weighted by molar-refractivity contribution is -0.127. The molecule has 2 aromatic rings. The van der Waals surface area contributed by atoms with Gasteiger partial charge in [0.25, 0.3) is 11.8 Å². The van der Waals surface area contributed by atoms with Crippen LogP contribution in [0.1, 0.15) is 25.7 Å². The zero-order valence-corrected chi connectivity index (χ0v) is 17.9. The number of halogens is 2. The third-order valence-electron chi connectivity index (χ3n) is 4.83. The average molecular weight is 451 g/mol. The Morgan fingerprint density at radius 1 is 0.733 bits per heavy atom. The molecule has 8 heteroatoms. The summed E-state index contributed by atoms with van der Waals surface area (Å²) in [6.45, 7) is -0.197. The molecule has 2 atom stereocenters. The molecule has 1 saturated carbocycles. The van der Waals surface area contributed by atoms with Gasteiger partial charge in [-0.15, -0.1) is 0 Å². The lowest BCUT2D eigenvalue weighted by Gasteiger charge is -2.32. The fraction of sp³-hybridized carbons (Fsp3) is 0.364. The molecule has 0 heterocycles. The van der Waals surface area contributed by atoms with Crippen molar-refractivity contribution >= 4 is 35.0 Å². The highest BCUT2D eigenvalue weighted by Crippen LogP contribution is 2.20. The Kier molecular flexibility index (Phi) is 8.22. The zero-order chi connectivity index (χ0) is 21.3. The first kappa shape index (κ1) is 22.2. The summed E-state index contributed by atoms with van der Waals surface area (Å²) in [5.74, 6) is 0.687. The van der Waals surface area contributed by atoms with Crippen molar-refractivity contribution in [1.82, 2.24) is 10.6 Å². The van der Waals surface area contributed by atoms with Gasteiger partial charge in [-0.05, 0) is 61.4 Å². The Bertz CT molecular complexity index is 772. The van der Waals surface area contributed by atoms with Crippen LogP contribution in [0.3, 0.4) is 0 Å². The van der Waals surface area contributed by atoms with Gasteiger partial charge < -0.3 is 20.1 Å². The second-order valence-corrected chi connectivity index (χ2v) is 7.99. The van der Waals surface area contributed by atoms with E-state index in [2.05, 4.69) is 10.6 Å². The van der Waals surface area contributed by atoms with Gasteiger partial charge in [-0.25, -0.2) is 0 Å². The number of carbonyl (C=O) groups excluding carboxylic acids is 2. The third-order valence-corrected chi connectivity index (χ3v) is 5.33. The van der Waals surface area contributed by atoms with Crippen LogP contribution in [0.15, 0.2) is 48.5 Å². The second kappa shape index (κ2) is 11.1. The van der Waals surface area contributed by atoms with Crippen LogP contribution in [0.2, 0.25) is 10.0 Å². The van der Waals surface area contributed by atoms with E-state index < -0.39 is 0 Å². The molecule has 0 aromatic heterocycles. The minimum absolute atomic E-state index is 0.0987. The van der Waals surface area contributed by atoms with Crippen LogP contribution >= 0.6 is 23.2 Å². The first-order chi connectivity index (χ1) is 14.5. The van der Waals surface area contributed by atoms with Crippen LogP contribution in [-0.2, 0) is 9.59 Å². The van der Waals surface area contributed by atoms with E-state index in [9.17, 15) is 9.59 Å². The highest BCUT2D eigenvalue weighted by Gasteiger charge is 2.28. The summed E-state index contributed by atoms with van der Waals surface area (Å²) in [5, 5.41) is 7.16. The maximum atomic E-state index is 12.3. The molecule has 2 amide bonds. The molecule has 160 valence electrons. The molecule has 2 N–H and O–H groups in total. The van der Waals surface area contributed by atoms with Gasteiger partial charge in [0, 0.05) is 22.1 Å². The molecule has 1 aliphatic carbocycles. The molecular formula is C22H24Cl2N2O4. The van der Waals surface area contributed by atoms with Crippen LogP contribution in [0.5, 0.6) is 11.5 Å². The smallest absolute Gasteiger partial charge is 0.258 e. The number of benzene rings is 2. The van der Waals surface area contributed by atoms with Crippen molar-refractivity contribution < 1.29 is 19.1 Å². The van der Waals surface area contributed by atoms with Crippen molar-refractivity contribution in [2.24, 2.45) is 0 Å². The Hall–Kier alpha value is -2.44. The standard InChI is InChI=1S/C22H24Cl2N2O4/c23-15-5-9-17(10-6-15)29-13-21(27)25-19-3-1-2-4-20(19)26-22(28)14-30-18-11-7-16(24)8-12-18/h5-12,19-20H,1-4,13-14H2,(H,25,27)(H,26,28). The number of hydrogen-bond acceptors (Lipinski definition) is 4. The molecule has 3 rings (SSSR count). The van der Waals surface area contributed by atoms with Crippen LogP contribution in [-0.4, -0.2) is 37.1 Å². The predicted molar refractivity (Wildman–Crippen MR) is 116 cm³/mol. The van der Waals surface area contributed by atoms with Gasteiger partial charge >= 0.3 is 0 Å². The van der Waals surface area contributed by atoms with Crippen LogP contribution in [0.25, 0.3) is 0 Å². The normalized spacial score (nSPS) is 18.3. The summed E-state index contributed by atoms with van der Waals surface area (Å²) in [5.41, 5.74) is 0. The van der Waals surface area contributed by atoms with Gasteiger partial charge in [0.15, 0.2) is 13.2 Å². The molecule has 0 radical (unpaired) electrons.